The van der Waals surface area contributed by atoms with Crippen LogP contribution in [0.15, 0.2) is 24.3 Å². The maximum absolute atomic E-state index is 12.9. The van der Waals surface area contributed by atoms with Crippen LogP contribution < -0.4 is 5.32 Å². The fraction of sp³-hybridized carbons (Fsp3) is 0.500. The van der Waals surface area contributed by atoms with Gasteiger partial charge in [-0.15, -0.1) is 0 Å². The van der Waals surface area contributed by atoms with Gasteiger partial charge in [0.05, 0.1) is 6.61 Å². The van der Waals surface area contributed by atoms with Crippen molar-refractivity contribution in [2.24, 2.45) is 0 Å². The average Bonchev–Trinajstić information content (AvgIpc) is 2.40. The molecule has 0 aliphatic heterocycles. The lowest BCUT2D eigenvalue weighted by molar-refractivity contribution is 0.180. The molecule has 0 spiro atoms. The zero-order chi connectivity index (χ0) is 14.1. The summed E-state index contributed by atoms with van der Waals surface area (Å²) in [6.45, 7) is 3.27. The lowest BCUT2D eigenvalue weighted by Crippen LogP contribution is -2.41. The Balaban J connectivity index is 2.25. The summed E-state index contributed by atoms with van der Waals surface area (Å²) in [5, 5.41) is 11.6. The average molecular weight is 268 g/mol. The van der Waals surface area contributed by atoms with Gasteiger partial charge in [0, 0.05) is 19.6 Å². The highest BCUT2D eigenvalue weighted by molar-refractivity contribution is 5.74. The number of hydrogen-bond acceptors (Lipinski definition) is 2. The molecule has 1 aromatic carbocycles. The number of likely N-dealkylation sites (N-methyl/N-ethyl adjacent to an activating group) is 1. The Morgan fingerprint density at radius 2 is 2.26 bits per heavy atom. The SMILES string of the molecule is CCN(CCO)C(=O)NCCCc1cccc(F)c1. The fourth-order valence-corrected chi connectivity index (χ4v) is 1.82. The molecule has 0 aliphatic rings. The second-order valence-corrected chi connectivity index (χ2v) is 4.27. The molecule has 106 valence electrons. The summed E-state index contributed by atoms with van der Waals surface area (Å²) < 4.78 is 12.9. The third kappa shape index (κ3) is 5.70. The van der Waals surface area contributed by atoms with Crippen LogP contribution in [0.2, 0.25) is 0 Å². The molecule has 0 bridgehead atoms. The van der Waals surface area contributed by atoms with E-state index in [1.165, 1.54) is 12.1 Å². The van der Waals surface area contributed by atoms with E-state index in [0.717, 1.165) is 18.4 Å². The Bertz CT molecular complexity index is 399. The molecule has 0 fully saturated rings. The predicted molar refractivity (Wildman–Crippen MR) is 72.5 cm³/mol. The Morgan fingerprint density at radius 3 is 2.89 bits per heavy atom. The minimum absolute atomic E-state index is 0.0372. The minimum Gasteiger partial charge on any atom is -0.395 e. The van der Waals surface area contributed by atoms with Crippen molar-refractivity contribution in [3.8, 4) is 0 Å². The fourth-order valence-electron chi connectivity index (χ4n) is 1.82. The summed E-state index contributed by atoms with van der Waals surface area (Å²) in [5.41, 5.74) is 0.928. The number of aliphatic hydroxyl groups is 1. The highest BCUT2D eigenvalue weighted by Crippen LogP contribution is 2.05. The number of halogens is 1. The molecular weight excluding hydrogens is 247 g/mol. The van der Waals surface area contributed by atoms with E-state index in [4.69, 9.17) is 5.11 Å². The summed E-state index contributed by atoms with van der Waals surface area (Å²) in [7, 11) is 0. The second kappa shape index (κ2) is 8.48. The van der Waals surface area contributed by atoms with Gasteiger partial charge >= 0.3 is 6.03 Å². The molecule has 4 nitrogen and oxygen atoms in total. The number of aryl methyl sites for hydroxylation is 1. The first-order chi connectivity index (χ1) is 9.17. The highest BCUT2D eigenvalue weighted by atomic mass is 19.1. The first-order valence-electron chi connectivity index (χ1n) is 6.55. The number of benzene rings is 1. The molecule has 0 saturated carbocycles. The molecule has 2 amide bonds. The number of carbonyl (C=O) groups is 1. The van der Waals surface area contributed by atoms with Crippen molar-refractivity contribution < 1.29 is 14.3 Å². The zero-order valence-electron chi connectivity index (χ0n) is 11.2. The Morgan fingerprint density at radius 1 is 1.47 bits per heavy atom. The molecule has 0 saturated heterocycles. The first kappa shape index (κ1) is 15.4. The van der Waals surface area contributed by atoms with Gasteiger partial charge in [-0.2, -0.15) is 0 Å². The number of urea groups is 1. The van der Waals surface area contributed by atoms with Crippen molar-refractivity contribution in [3.05, 3.63) is 35.6 Å². The van der Waals surface area contributed by atoms with E-state index in [1.54, 1.807) is 11.0 Å². The van der Waals surface area contributed by atoms with E-state index in [1.807, 2.05) is 13.0 Å². The quantitative estimate of drug-likeness (QED) is 0.741. The normalized spacial score (nSPS) is 10.3. The Kier molecular flexibility index (Phi) is 6.89. The lowest BCUT2D eigenvalue weighted by atomic mass is 10.1. The third-order valence-corrected chi connectivity index (χ3v) is 2.85. The van der Waals surface area contributed by atoms with Gasteiger partial charge in [0.1, 0.15) is 5.82 Å². The zero-order valence-corrected chi connectivity index (χ0v) is 11.2. The molecule has 0 atom stereocenters. The van der Waals surface area contributed by atoms with E-state index in [-0.39, 0.29) is 18.5 Å². The first-order valence-corrected chi connectivity index (χ1v) is 6.55. The molecule has 0 unspecified atom stereocenters. The maximum Gasteiger partial charge on any atom is 0.317 e. The summed E-state index contributed by atoms with van der Waals surface area (Å²) >= 11 is 0. The van der Waals surface area contributed by atoms with E-state index >= 15 is 0 Å². The van der Waals surface area contributed by atoms with Crippen LogP contribution in [0.1, 0.15) is 18.9 Å². The van der Waals surface area contributed by atoms with Crippen molar-refractivity contribution in [1.29, 1.82) is 0 Å². The number of nitrogens with zero attached hydrogens (tertiary/aromatic N) is 1. The van der Waals surface area contributed by atoms with Gasteiger partial charge in [-0.05, 0) is 37.5 Å². The molecule has 2 N–H and O–H groups in total. The molecular formula is C14H21FN2O2. The van der Waals surface area contributed by atoms with Gasteiger partial charge in [-0.1, -0.05) is 12.1 Å². The molecule has 0 radical (unpaired) electrons. The van der Waals surface area contributed by atoms with Crippen molar-refractivity contribution in [2.75, 3.05) is 26.2 Å². The van der Waals surface area contributed by atoms with Gasteiger partial charge in [0.2, 0.25) is 0 Å². The van der Waals surface area contributed by atoms with Crippen LogP contribution in [0.5, 0.6) is 0 Å². The molecule has 0 heterocycles. The van der Waals surface area contributed by atoms with Gasteiger partial charge in [0.25, 0.3) is 0 Å². The van der Waals surface area contributed by atoms with Crippen LogP contribution in [-0.2, 0) is 6.42 Å². The predicted octanol–water partition coefficient (Wildman–Crippen LogP) is 1.78. The van der Waals surface area contributed by atoms with Crippen LogP contribution >= 0.6 is 0 Å². The van der Waals surface area contributed by atoms with Crippen LogP contribution in [0.4, 0.5) is 9.18 Å². The number of aliphatic hydroxyl groups excluding tert-OH is 1. The Labute approximate surface area is 113 Å². The number of carbonyl (C=O) groups excluding carboxylic acids is 1. The van der Waals surface area contributed by atoms with Crippen LogP contribution in [0.3, 0.4) is 0 Å². The summed E-state index contributed by atoms with van der Waals surface area (Å²) in [6, 6.07) is 6.31. The van der Waals surface area contributed by atoms with Crippen molar-refractivity contribution in [3.63, 3.8) is 0 Å². The molecule has 0 aromatic heterocycles. The maximum atomic E-state index is 12.9. The summed E-state index contributed by atoms with van der Waals surface area (Å²) in [6.07, 6.45) is 1.48. The highest BCUT2D eigenvalue weighted by Gasteiger charge is 2.09. The summed E-state index contributed by atoms with van der Waals surface area (Å²) in [4.78, 5) is 13.2. The van der Waals surface area contributed by atoms with E-state index < -0.39 is 0 Å². The largest absolute Gasteiger partial charge is 0.395 e. The van der Waals surface area contributed by atoms with Gasteiger partial charge in [0.15, 0.2) is 0 Å². The molecule has 5 heteroatoms. The number of nitrogens with one attached hydrogen (secondary N) is 1. The molecule has 1 aromatic rings. The van der Waals surface area contributed by atoms with Crippen LogP contribution in [0, 0.1) is 5.82 Å². The van der Waals surface area contributed by atoms with Gasteiger partial charge in [-0.3, -0.25) is 0 Å². The van der Waals surface area contributed by atoms with Gasteiger partial charge in [-0.25, -0.2) is 9.18 Å². The topological polar surface area (TPSA) is 52.6 Å². The van der Waals surface area contributed by atoms with Crippen LogP contribution in [0.25, 0.3) is 0 Å². The van der Waals surface area contributed by atoms with Crippen LogP contribution in [-0.4, -0.2) is 42.3 Å². The number of rotatable bonds is 7. The minimum atomic E-state index is -0.235. The van der Waals surface area contributed by atoms with Crippen molar-refractivity contribution in [1.82, 2.24) is 10.2 Å². The second-order valence-electron chi connectivity index (χ2n) is 4.27. The van der Waals surface area contributed by atoms with Crippen molar-refractivity contribution >= 4 is 6.03 Å². The van der Waals surface area contributed by atoms with Crippen molar-refractivity contribution in [2.45, 2.75) is 19.8 Å². The Hall–Kier alpha value is -1.62. The third-order valence-electron chi connectivity index (χ3n) is 2.85. The molecule has 0 aliphatic carbocycles. The molecule has 19 heavy (non-hydrogen) atoms. The molecule has 1 rings (SSSR count). The summed E-state index contributed by atoms with van der Waals surface area (Å²) in [5.74, 6) is -0.235. The van der Waals surface area contributed by atoms with E-state index in [9.17, 15) is 9.18 Å². The van der Waals surface area contributed by atoms with E-state index in [2.05, 4.69) is 5.32 Å². The number of amides is 2. The van der Waals surface area contributed by atoms with E-state index in [0.29, 0.717) is 19.6 Å². The smallest absolute Gasteiger partial charge is 0.317 e. The lowest BCUT2D eigenvalue weighted by Gasteiger charge is -2.20. The standard InChI is InChI=1S/C14H21FN2O2/c1-2-17(9-10-18)14(19)16-8-4-6-12-5-3-7-13(15)11-12/h3,5,7,11,18H,2,4,6,8-10H2,1H3,(H,16,19). The van der Waals surface area contributed by atoms with Gasteiger partial charge < -0.3 is 15.3 Å². The monoisotopic (exact) mass is 268 g/mol. The number of hydrogen-bond donors (Lipinski definition) is 2.